The number of aromatic nitrogens is 2. The molecule has 0 radical (unpaired) electrons. The number of rotatable bonds is 6. The fourth-order valence-corrected chi connectivity index (χ4v) is 3.84. The third kappa shape index (κ3) is 4.48. The summed E-state index contributed by atoms with van der Waals surface area (Å²) >= 11 is 0. The molecule has 0 aliphatic heterocycles. The molecule has 6 heteroatoms. The van der Waals surface area contributed by atoms with E-state index in [0.29, 0.717) is 24.6 Å². The summed E-state index contributed by atoms with van der Waals surface area (Å²) in [7, 11) is 0. The molecule has 27 heavy (non-hydrogen) atoms. The van der Waals surface area contributed by atoms with E-state index < -0.39 is 0 Å². The molecule has 0 amide bonds. The number of nitriles is 1. The number of esters is 1. The van der Waals surface area contributed by atoms with E-state index in [9.17, 15) is 9.59 Å². The zero-order valence-electron chi connectivity index (χ0n) is 15.6. The van der Waals surface area contributed by atoms with Crippen LogP contribution < -0.4 is 5.69 Å². The van der Waals surface area contributed by atoms with Crippen LogP contribution in [0.2, 0.25) is 0 Å². The molecule has 6 nitrogen and oxygen atoms in total. The summed E-state index contributed by atoms with van der Waals surface area (Å²) in [6.45, 7) is 2.48. The van der Waals surface area contributed by atoms with Gasteiger partial charge in [0.1, 0.15) is 0 Å². The van der Waals surface area contributed by atoms with Crippen molar-refractivity contribution < 1.29 is 9.53 Å². The summed E-state index contributed by atoms with van der Waals surface area (Å²) in [6, 6.07) is 10.2. The van der Waals surface area contributed by atoms with Crippen molar-refractivity contribution in [3.05, 3.63) is 58.3 Å². The lowest BCUT2D eigenvalue weighted by molar-refractivity contribution is -0.143. The van der Waals surface area contributed by atoms with Crippen LogP contribution in [-0.4, -0.2) is 21.7 Å². The zero-order valence-corrected chi connectivity index (χ0v) is 15.6. The zero-order chi connectivity index (χ0) is 19.2. The highest BCUT2D eigenvalue weighted by Gasteiger charge is 2.24. The molecule has 1 heterocycles. The van der Waals surface area contributed by atoms with E-state index in [2.05, 4.69) is 6.07 Å². The van der Waals surface area contributed by atoms with Crippen LogP contribution in [0.1, 0.15) is 62.1 Å². The van der Waals surface area contributed by atoms with Crippen molar-refractivity contribution in [2.75, 3.05) is 6.61 Å². The van der Waals surface area contributed by atoms with Crippen LogP contribution >= 0.6 is 0 Å². The summed E-state index contributed by atoms with van der Waals surface area (Å²) < 4.78 is 8.31. The molecule has 2 aromatic rings. The highest BCUT2D eigenvalue weighted by atomic mass is 16.5. The van der Waals surface area contributed by atoms with E-state index in [4.69, 9.17) is 10.00 Å². The Morgan fingerprint density at radius 1 is 1.19 bits per heavy atom. The second kappa shape index (κ2) is 8.72. The van der Waals surface area contributed by atoms with Crippen molar-refractivity contribution >= 4 is 5.97 Å². The van der Waals surface area contributed by atoms with E-state index in [1.807, 2.05) is 30.5 Å². The average molecular weight is 367 g/mol. The smallest absolute Gasteiger partial charge is 0.328 e. The molecule has 142 valence electrons. The normalized spacial score (nSPS) is 19.4. The van der Waals surface area contributed by atoms with E-state index >= 15 is 0 Å². The molecular weight excluding hydrogens is 342 g/mol. The van der Waals surface area contributed by atoms with Crippen molar-refractivity contribution in [3.8, 4) is 6.07 Å². The lowest BCUT2D eigenvalue weighted by Crippen LogP contribution is -2.29. The third-order valence-corrected chi connectivity index (χ3v) is 5.34. The number of hydrogen-bond acceptors (Lipinski definition) is 4. The molecule has 1 aromatic carbocycles. The molecule has 1 aromatic heterocycles. The molecule has 0 saturated heterocycles. The minimum absolute atomic E-state index is 0.0545. The number of benzene rings is 1. The fourth-order valence-electron chi connectivity index (χ4n) is 3.84. The Hall–Kier alpha value is -2.81. The van der Waals surface area contributed by atoms with Gasteiger partial charge in [-0.3, -0.25) is 13.9 Å². The highest BCUT2D eigenvalue weighted by molar-refractivity contribution is 5.69. The van der Waals surface area contributed by atoms with Gasteiger partial charge in [0.2, 0.25) is 0 Å². The second-order valence-corrected chi connectivity index (χ2v) is 6.98. The van der Waals surface area contributed by atoms with Crippen LogP contribution in [0, 0.1) is 11.3 Å². The van der Waals surface area contributed by atoms with Crippen LogP contribution in [0.3, 0.4) is 0 Å². The molecular formula is C21H25N3O3. The first-order valence-electron chi connectivity index (χ1n) is 9.55. The number of hydrogen-bond donors (Lipinski definition) is 0. The van der Waals surface area contributed by atoms with Gasteiger partial charge in [-0.25, -0.2) is 4.79 Å². The van der Waals surface area contributed by atoms with Gasteiger partial charge in [-0.2, -0.15) is 5.26 Å². The fraction of sp³-hybridized carbons (Fsp3) is 0.476. The second-order valence-electron chi connectivity index (χ2n) is 6.98. The first kappa shape index (κ1) is 19.0. The topological polar surface area (TPSA) is 77.0 Å². The van der Waals surface area contributed by atoms with Crippen LogP contribution in [0.4, 0.5) is 0 Å². The number of carbonyl (C=O) groups is 1. The van der Waals surface area contributed by atoms with E-state index in [1.165, 1.54) is 5.56 Å². The molecule has 1 saturated carbocycles. The standard InChI is InChI=1S/C21H25N3O3/c1-2-27-20(25)11-12-23-13-14-24(21(23)26)19-9-7-18(8-10-19)17-5-3-16(15-22)4-6-17/h3-6,13-14,18-19H,2,7-12H2,1H3. The Labute approximate surface area is 159 Å². The van der Waals surface area contributed by atoms with Crippen molar-refractivity contribution in [3.63, 3.8) is 0 Å². The Kier molecular flexibility index (Phi) is 6.12. The number of aryl methyl sites for hydroxylation is 1. The first-order chi connectivity index (χ1) is 13.1. The van der Waals surface area contributed by atoms with Crippen LogP contribution in [-0.2, 0) is 16.1 Å². The van der Waals surface area contributed by atoms with Crippen molar-refractivity contribution in [2.45, 2.75) is 57.5 Å². The van der Waals surface area contributed by atoms with Gasteiger partial charge in [-0.15, -0.1) is 0 Å². The monoisotopic (exact) mass is 367 g/mol. The highest BCUT2D eigenvalue weighted by Crippen LogP contribution is 2.37. The maximum absolute atomic E-state index is 12.6. The number of imidazole rings is 1. The van der Waals surface area contributed by atoms with Crippen molar-refractivity contribution in [1.82, 2.24) is 9.13 Å². The van der Waals surface area contributed by atoms with Crippen LogP contribution in [0.25, 0.3) is 0 Å². The summed E-state index contributed by atoms with van der Waals surface area (Å²) in [6.07, 6.45) is 7.75. The largest absolute Gasteiger partial charge is 0.466 e. The van der Waals surface area contributed by atoms with Crippen molar-refractivity contribution in [1.29, 1.82) is 5.26 Å². The molecule has 0 unspecified atom stereocenters. The Morgan fingerprint density at radius 2 is 1.89 bits per heavy atom. The Bertz CT molecular complexity index is 865. The van der Waals surface area contributed by atoms with Crippen LogP contribution in [0.5, 0.6) is 0 Å². The quantitative estimate of drug-likeness (QED) is 0.734. The Morgan fingerprint density at radius 3 is 2.52 bits per heavy atom. The molecule has 3 rings (SSSR count). The summed E-state index contributed by atoms with van der Waals surface area (Å²) in [5.41, 5.74) is 1.90. The van der Waals surface area contributed by atoms with Gasteiger partial charge in [-0.1, -0.05) is 12.1 Å². The van der Waals surface area contributed by atoms with Gasteiger partial charge in [0, 0.05) is 25.0 Å². The van der Waals surface area contributed by atoms with E-state index in [0.717, 1.165) is 25.7 Å². The Balaban J connectivity index is 1.58. The molecule has 0 bridgehead atoms. The van der Waals surface area contributed by atoms with E-state index in [1.54, 1.807) is 22.3 Å². The summed E-state index contributed by atoms with van der Waals surface area (Å²) in [5.74, 6) is 0.204. The maximum atomic E-state index is 12.6. The predicted octanol–water partition coefficient (Wildman–Crippen LogP) is 3.37. The molecule has 1 aliphatic carbocycles. The average Bonchev–Trinajstić information content (AvgIpc) is 3.07. The number of nitrogens with zero attached hydrogens (tertiary/aromatic N) is 3. The van der Waals surface area contributed by atoms with Gasteiger partial charge in [0.25, 0.3) is 0 Å². The predicted molar refractivity (Wildman–Crippen MR) is 101 cm³/mol. The molecule has 0 atom stereocenters. The van der Waals surface area contributed by atoms with E-state index in [-0.39, 0.29) is 24.1 Å². The minimum atomic E-state index is -0.278. The number of ether oxygens (including phenoxy) is 1. The number of carbonyl (C=O) groups excluding carboxylic acids is 1. The summed E-state index contributed by atoms with van der Waals surface area (Å²) in [4.78, 5) is 24.1. The van der Waals surface area contributed by atoms with Gasteiger partial charge in [-0.05, 0) is 56.2 Å². The van der Waals surface area contributed by atoms with Gasteiger partial charge in [0.05, 0.1) is 24.7 Å². The lowest BCUT2D eigenvalue weighted by atomic mass is 9.81. The molecule has 1 fully saturated rings. The summed E-state index contributed by atoms with van der Waals surface area (Å²) in [5, 5.41) is 8.91. The lowest BCUT2D eigenvalue weighted by Gasteiger charge is -2.29. The SMILES string of the molecule is CCOC(=O)CCn1ccn(C2CCC(c3ccc(C#N)cc3)CC2)c1=O. The first-order valence-corrected chi connectivity index (χ1v) is 9.55. The van der Waals surface area contributed by atoms with Gasteiger partial charge in [0.15, 0.2) is 0 Å². The molecule has 1 aliphatic rings. The van der Waals surface area contributed by atoms with Gasteiger partial charge < -0.3 is 4.74 Å². The van der Waals surface area contributed by atoms with Crippen molar-refractivity contribution in [2.24, 2.45) is 0 Å². The third-order valence-electron chi connectivity index (χ3n) is 5.34. The van der Waals surface area contributed by atoms with Gasteiger partial charge >= 0.3 is 11.7 Å². The maximum Gasteiger partial charge on any atom is 0.328 e. The molecule has 0 spiro atoms. The molecule has 0 N–H and O–H groups in total. The van der Waals surface area contributed by atoms with Crippen LogP contribution in [0.15, 0.2) is 41.5 Å². The minimum Gasteiger partial charge on any atom is -0.466 e.